The molecule has 19 nitrogen and oxygen atoms in total. The molecular weight excluding hydrogens is 1030 g/mol. The van der Waals surface area contributed by atoms with Crippen LogP contribution in [0, 0.1) is 0 Å². The molecule has 3 saturated heterocycles. The van der Waals surface area contributed by atoms with Gasteiger partial charge in [0, 0.05) is 6.42 Å². The second kappa shape index (κ2) is 43.8. The van der Waals surface area contributed by atoms with Gasteiger partial charge in [-0.2, -0.15) is 0 Å². The van der Waals surface area contributed by atoms with Crippen LogP contribution >= 0.6 is 0 Å². The largest absolute Gasteiger partial charge is 0.394 e. The Labute approximate surface area is 477 Å². The summed E-state index contributed by atoms with van der Waals surface area (Å²) in [6, 6.07) is -0.994. The fourth-order valence-electron chi connectivity index (χ4n) is 9.78. The highest BCUT2D eigenvalue weighted by Crippen LogP contribution is 2.33. The molecule has 0 radical (unpaired) electrons. The first-order valence-corrected chi connectivity index (χ1v) is 30.2. The average Bonchev–Trinajstić information content (AvgIpc) is 3.45. The number of aliphatic hydroxyl groups excluding tert-OH is 11. The zero-order chi connectivity index (χ0) is 58.3. The van der Waals surface area contributed by atoms with Gasteiger partial charge in [0.25, 0.3) is 0 Å². The van der Waals surface area contributed by atoms with Crippen molar-refractivity contribution in [3.63, 3.8) is 0 Å². The van der Waals surface area contributed by atoms with Gasteiger partial charge in [-0.3, -0.25) is 4.79 Å². The van der Waals surface area contributed by atoms with E-state index in [2.05, 4.69) is 79.9 Å². The molecule has 0 aromatic rings. The van der Waals surface area contributed by atoms with Crippen LogP contribution in [0.3, 0.4) is 0 Å². The number of carbonyl (C=O) groups is 1. The first-order chi connectivity index (χ1) is 38.8. The third kappa shape index (κ3) is 27.3. The van der Waals surface area contributed by atoms with Crippen molar-refractivity contribution in [3.05, 3.63) is 72.9 Å². The fourth-order valence-corrected chi connectivity index (χ4v) is 9.78. The monoisotopic (exact) mass is 1140 g/mol. The number of amides is 1. The van der Waals surface area contributed by atoms with Gasteiger partial charge in [-0.05, 0) is 70.6 Å². The van der Waals surface area contributed by atoms with Crippen molar-refractivity contribution >= 4 is 5.91 Å². The van der Waals surface area contributed by atoms with E-state index in [4.69, 9.17) is 28.4 Å². The minimum Gasteiger partial charge on any atom is -0.394 e. The summed E-state index contributed by atoms with van der Waals surface area (Å²) in [5.74, 6) is -0.295. The lowest BCUT2D eigenvalue weighted by Crippen LogP contribution is -2.66. The molecule has 0 aliphatic carbocycles. The Morgan fingerprint density at radius 1 is 0.463 bits per heavy atom. The zero-order valence-electron chi connectivity index (χ0n) is 48.0. The minimum absolute atomic E-state index is 0.226. The van der Waals surface area contributed by atoms with Gasteiger partial charge >= 0.3 is 0 Å². The van der Waals surface area contributed by atoms with E-state index in [1.165, 1.54) is 64.2 Å². The van der Waals surface area contributed by atoms with E-state index in [-0.39, 0.29) is 18.9 Å². The number of allylic oxidation sites excluding steroid dienone is 11. The lowest BCUT2D eigenvalue weighted by Gasteiger charge is -2.48. The van der Waals surface area contributed by atoms with E-state index in [1.807, 2.05) is 6.08 Å². The highest BCUT2D eigenvalue weighted by molar-refractivity contribution is 5.76. The molecule has 0 saturated carbocycles. The molecule has 462 valence electrons. The summed E-state index contributed by atoms with van der Waals surface area (Å²) < 4.78 is 34.2. The first kappa shape index (κ1) is 71.5. The standard InChI is InChI=1S/C61H105NO18/c1-3-5-7-9-11-13-15-17-18-19-20-21-22-23-24-25-26-27-29-31-33-35-37-39-49(67)62-44(45(66)38-36-34-32-30-28-16-14-12-10-8-6-4-2)43-75-59-55(73)52(70)57(47(41-64)77-59)80-61-56(74)53(71)58(48(42-65)78-61)79-60-54(72)51(69)50(68)46(40-63)76-60/h5,7,11,13,17-18,20-21,28,30,36,38,44-48,50-61,63-66,68-74H,3-4,6,8-10,12,14-16,19,22-27,29,31-35,37,39-43H2,1-2H3,(H,62,67)/b7-5-,13-11-,18-17-,21-20-,30-28+,38-36+. The van der Waals surface area contributed by atoms with Crippen molar-refractivity contribution < 1.29 is 89.4 Å². The maximum atomic E-state index is 13.3. The summed E-state index contributed by atoms with van der Waals surface area (Å²) in [5.41, 5.74) is 0. The topological polar surface area (TPSA) is 307 Å². The molecule has 0 aromatic heterocycles. The molecule has 17 unspecified atom stereocenters. The van der Waals surface area contributed by atoms with Gasteiger partial charge in [0.2, 0.25) is 5.91 Å². The quantitative estimate of drug-likeness (QED) is 0.0268. The molecule has 3 fully saturated rings. The van der Waals surface area contributed by atoms with Gasteiger partial charge in [-0.25, -0.2) is 0 Å². The van der Waals surface area contributed by atoms with Gasteiger partial charge in [-0.1, -0.05) is 170 Å². The van der Waals surface area contributed by atoms with Crippen molar-refractivity contribution in [1.29, 1.82) is 0 Å². The second-order valence-corrected chi connectivity index (χ2v) is 21.4. The molecule has 0 aromatic carbocycles. The third-order valence-corrected chi connectivity index (χ3v) is 14.7. The molecule has 19 heteroatoms. The van der Waals surface area contributed by atoms with E-state index in [0.29, 0.717) is 12.8 Å². The van der Waals surface area contributed by atoms with Gasteiger partial charge in [0.1, 0.15) is 73.2 Å². The number of unbranched alkanes of at least 4 members (excludes halogenated alkanes) is 17. The Morgan fingerprint density at radius 2 is 0.875 bits per heavy atom. The molecule has 3 heterocycles. The number of nitrogens with one attached hydrogen (secondary N) is 1. The fraction of sp³-hybridized carbons (Fsp3) is 0.787. The van der Waals surface area contributed by atoms with E-state index in [0.717, 1.165) is 77.0 Å². The second-order valence-electron chi connectivity index (χ2n) is 21.4. The molecule has 0 bridgehead atoms. The summed E-state index contributed by atoms with van der Waals surface area (Å²) >= 11 is 0. The molecule has 17 atom stereocenters. The van der Waals surface area contributed by atoms with Crippen LogP contribution in [0.4, 0.5) is 0 Å². The van der Waals surface area contributed by atoms with Crippen molar-refractivity contribution in [2.45, 2.75) is 279 Å². The molecule has 1 amide bonds. The lowest BCUT2D eigenvalue weighted by atomic mass is 9.96. The molecule has 3 aliphatic heterocycles. The maximum Gasteiger partial charge on any atom is 0.220 e. The number of hydrogen-bond acceptors (Lipinski definition) is 18. The summed E-state index contributed by atoms with van der Waals surface area (Å²) in [4.78, 5) is 13.3. The van der Waals surface area contributed by atoms with Gasteiger partial charge < -0.3 is 89.9 Å². The molecule has 3 aliphatic rings. The van der Waals surface area contributed by atoms with Crippen molar-refractivity contribution in [3.8, 4) is 0 Å². The van der Waals surface area contributed by atoms with Crippen LogP contribution < -0.4 is 5.32 Å². The van der Waals surface area contributed by atoms with Crippen LogP contribution in [0.1, 0.15) is 174 Å². The van der Waals surface area contributed by atoms with Crippen LogP contribution in [0.25, 0.3) is 0 Å². The number of carbonyl (C=O) groups excluding carboxylic acids is 1. The smallest absolute Gasteiger partial charge is 0.220 e. The molecule has 12 N–H and O–H groups in total. The predicted molar refractivity (Wildman–Crippen MR) is 305 cm³/mol. The van der Waals surface area contributed by atoms with Gasteiger partial charge in [0.15, 0.2) is 18.9 Å². The lowest BCUT2D eigenvalue weighted by molar-refractivity contribution is -0.379. The summed E-state index contributed by atoms with van der Waals surface area (Å²) in [5, 5.41) is 120. The SMILES string of the molecule is CC/C=C\C/C=C\C/C=C\C/C=C\CCCCCCCCCCCCC(=O)NC(COC1OC(CO)C(OC2OC(CO)C(OC3OC(CO)C(O)C(O)C3O)C(O)C2O)C(O)C1O)C(O)/C=C/CC/C=C/CCCCCCCC. The summed E-state index contributed by atoms with van der Waals surface area (Å²) in [6.07, 6.45) is 24.6. The molecular formula is C61H105NO18. The number of rotatable bonds is 43. The number of ether oxygens (including phenoxy) is 6. The molecule has 3 rings (SSSR count). The summed E-state index contributed by atoms with van der Waals surface area (Å²) in [6.45, 7) is 1.54. The predicted octanol–water partition coefficient (Wildman–Crippen LogP) is 5.43. The Bertz CT molecular complexity index is 1740. The van der Waals surface area contributed by atoms with Crippen molar-refractivity contribution in [2.75, 3.05) is 26.4 Å². The normalized spacial score (nSPS) is 30.5. The number of hydrogen-bond donors (Lipinski definition) is 12. The van der Waals surface area contributed by atoms with Crippen molar-refractivity contribution in [2.24, 2.45) is 0 Å². The Balaban J connectivity index is 1.47. The Kier molecular flexibility index (Phi) is 39.2. The molecule has 80 heavy (non-hydrogen) atoms. The van der Waals surface area contributed by atoms with Gasteiger partial charge in [-0.15, -0.1) is 0 Å². The molecule has 0 spiro atoms. The summed E-state index contributed by atoms with van der Waals surface area (Å²) in [7, 11) is 0. The zero-order valence-corrected chi connectivity index (χ0v) is 48.0. The minimum atomic E-state index is -1.98. The Morgan fingerprint density at radius 3 is 1.40 bits per heavy atom. The highest BCUT2D eigenvalue weighted by Gasteiger charge is 2.53. The first-order valence-electron chi connectivity index (χ1n) is 30.2. The van der Waals surface area contributed by atoms with Crippen molar-refractivity contribution in [1.82, 2.24) is 5.32 Å². The van der Waals surface area contributed by atoms with Crippen LogP contribution in [-0.4, -0.2) is 193 Å². The Hall–Kier alpha value is -2.77. The number of aliphatic hydroxyl groups is 11. The van der Waals surface area contributed by atoms with E-state index in [1.54, 1.807) is 6.08 Å². The third-order valence-electron chi connectivity index (χ3n) is 14.7. The van der Waals surface area contributed by atoms with E-state index in [9.17, 15) is 61.0 Å². The van der Waals surface area contributed by atoms with Crippen LogP contribution in [-0.2, 0) is 33.2 Å². The van der Waals surface area contributed by atoms with Crippen LogP contribution in [0.2, 0.25) is 0 Å². The van der Waals surface area contributed by atoms with Gasteiger partial charge in [0.05, 0.1) is 38.6 Å². The maximum absolute atomic E-state index is 13.3. The highest BCUT2D eigenvalue weighted by atomic mass is 16.8. The average molecular weight is 1140 g/mol. The van der Waals surface area contributed by atoms with Crippen LogP contribution in [0.15, 0.2) is 72.9 Å². The van der Waals surface area contributed by atoms with E-state index < -0.39 is 124 Å². The van der Waals surface area contributed by atoms with Crippen LogP contribution in [0.5, 0.6) is 0 Å². The van der Waals surface area contributed by atoms with E-state index >= 15 is 0 Å².